The van der Waals surface area contributed by atoms with Gasteiger partial charge in [0.2, 0.25) is 0 Å². The van der Waals surface area contributed by atoms with Crippen molar-refractivity contribution in [1.29, 1.82) is 0 Å². The summed E-state index contributed by atoms with van der Waals surface area (Å²) >= 11 is 0. The fraction of sp³-hybridized carbons (Fsp3) is 0.800. The van der Waals surface area contributed by atoms with E-state index in [-0.39, 0.29) is 0 Å². The first-order valence-electron chi connectivity index (χ1n) is 7.09. The van der Waals surface area contributed by atoms with Gasteiger partial charge in [-0.1, -0.05) is 37.7 Å². The number of rotatable bonds is 0. The van der Waals surface area contributed by atoms with Crippen LogP contribution in [0.1, 0.15) is 70.6 Å². The molecule has 1 saturated carbocycles. The Morgan fingerprint density at radius 2 is 1.50 bits per heavy atom. The molecule has 0 radical (unpaired) electrons. The molecule has 0 aromatic carbocycles. The summed E-state index contributed by atoms with van der Waals surface area (Å²) in [6, 6.07) is 0. The van der Waals surface area contributed by atoms with E-state index in [9.17, 15) is 4.79 Å². The molecule has 1 fully saturated rings. The van der Waals surface area contributed by atoms with E-state index in [1.54, 1.807) is 0 Å². The predicted octanol–water partition coefficient (Wildman–Crippen LogP) is 4.42. The molecule has 1 heteroatoms. The standard InChI is InChI=1S/C15H24O/c16-15-11-6-4-2-1-3-5-8-13-9-7-10-14(13)12-15/h12-13H,1-11H2. The van der Waals surface area contributed by atoms with Gasteiger partial charge in [-0.05, 0) is 44.1 Å². The van der Waals surface area contributed by atoms with Gasteiger partial charge in [-0.3, -0.25) is 4.79 Å². The van der Waals surface area contributed by atoms with Gasteiger partial charge in [0.15, 0.2) is 5.78 Å². The molecule has 2 rings (SSSR count). The Kier molecular flexibility index (Phi) is 4.62. The lowest BCUT2D eigenvalue weighted by Gasteiger charge is -2.12. The van der Waals surface area contributed by atoms with Crippen molar-refractivity contribution in [3.05, 3.63) is 11.6 Å². The van der Waals surface area contributed by atoms with Crippen molar-refractivity contribution < 1.29 is 4.79 Å². The van der Waals surface area contributed by atoms with Crippen LogP contribution in [0.15, 0.2) is 11.6 Å². The van der Waals surface area contributed by atoms with Crippen LogP contribution in [0.3, 0.4) is 0 Å². The maximum absolute atomic E-state index is 11.8. The third-order valence-corrected chi connectivity index (χ3v) is 4.11. The molecule has 0 heterocycles. The molecule has 1 atom stereocenters. The summed E-state index contributed by atoms with van der Waals surface area (Å²) < 4.78 is 0. The molecule has 2 aliphatic carbocycles. The first-order valence-corrected chi connectivity index (χ1v) is 7.09. The van der Waals surface area contributed by atoms with Crippen LogP contribution in [0.4, 0.5) is 0 Å². The summed E-state index contributed by atoms with van der Waals surface area (Å²) in [5.41, 5.74) is 1.48. The maximum Gasteiger partial charge on any atom is 0.155 e. The molecular formula is C15H24O. The third-order valence-electron chi connectivity index (χ3n) is 4.11. The van der Waals surface area contributed by atoms with E-state index < -0.39 is 0 Å². The summed E-state index contributed by atoms with van der Waals surface area (Å²) in [4.78, 5) is 11.8. The van der Waals surface area contributed by atoms with Crippen LogP contribution in [0.5, 0.6) is 0 Å². The van der Waals surface area contributed by atoms with Crippen LogP contribution >= 0.6 is 0 Å². The van der Waals surface area contributed by atoms with Gasteiger partial charge in [0.25, 0.3) is 0 Å². The van der Waals surface area contributed by atoms with Crippen LogP contribution < -0.4 is 0 Å². The second kappa shape index (κ2) is 6.22. The van der Waals surface area contributed by atoms with Gasteiger partial charge in [-0.15, -0.1) is 0 Å². The number of carbonyl (C=O) groups excluding carboxylic acids is 1. The van der Waals surface area contributed by atoms with E-state index >= 15 is 0 Å². The number of ketones is 1. The Morgan fingerprint density at radius 1 is 0.812 bits per heavy atom. The van der Waals surface area contributed by atoms with Gasteiger partial charge >= 0.3 is 0 Å². The SMILES string of the molecule is O=C1C=C2CCCC2CCCCCCCC1. The van der Waals surface area contributed by atoms with Crippen LogP contribution in [0.2, 0.25) is 0 Å². The lowest BCUT2D eigenvalue weighted by molar-refractivity contribution is -0.114. The van der Waals surface area contributed by atoms with Crippen LogP contribution in [-0.2, 0) is 4.79 Å². The quantitative estimate of drug-likeness (QED) is 0.590. The summed E-state index contributed by atoms with van der Waals surface area (Å²) in [5.74, 6) is 1.14. The molecule has 0 amide bonds. The molecule has 1 nitrogen and oxygen atoms in total. The van der Waals surface area contributed by atoms with Crippen molar-refractivity contribution in [3.8, 4) is 0 Å². The summed E-state index contributed by atoms with van der Waals surface area (Å²) in [5, 5.41) is 0. The Balaban J connectivity index is 1.98. The monoisotopic (exact) mass is 220 g/mol. The second-order valence-corrected chi connectivity index (χ2v) is 5.43. The fourth-order valence-corrected chi connectivity index (χ4v) is 3.14. The van der Waals surface area contributed by atoms with Gasteiger partial charge in [-0.2, -0.15) is 0 Å². The van der Waals surface area contributed by atoms with E-state index in [0.29, 0.717) is 5.78 Å². The highest BCUT2D eigenvalue weighted by Crippen LogP contribution is 2.35. The molecule has 16 heavy (non-hydrogen) atoms. The minimum Gasteiger partial charge on any atom is -0.295 e. The third kappa shape index (κ3) is 3.47. The van der Waals surface area contributed by atoms with Gasteiger partial charge in [-0.25, -0.2) is 0 Å². The van der Waals surface area contributed by atoms with Crippen molar-refractivity contribution in [2.45, 2.75) is 70.6 Å². The van der Waals surface area contributed by atoms with Crippen LogP contribution in [0, 0.1) is 5.92 Å². The maximum atomic E-state index is 11.8. The van der Waals surface area contributed by atoms with Crippen molar-refractivity contribution in [2.75, 3.05) is 0 Å². The summed E-state index contributed by atoms with van der Waals surface area (Å²) in [7, 11) is 0. The Bertz CT molecular complexity index is 265. The molecule has 2 aliphatic rings. The summed E-state index contributed by atoms with van der Waals surface area (Å²) in [6.07, 6.45) is 15.8. The van der Waals surface area contributed by atoms with E-state index in [2.05, 4.69) is 0 Å². The molecule has 0 aromatic heterocycles. The van der Waals surface area contributed by atoms with E-state index in [4.69, 9.17) is 0 Å². The highest BCUT2D eigenvalue weighted by atomic mass is 16.1. The smallest absolute Gasteiger partial charge is 0.155 e. The van der Waals surface area contributed by atoms with Gasteiger partial charge in [0.1, 0.15) is 0 Å². The number of hydrogen-bond acceptors (Lipinski definition) is 1. The molecule has 0 aliphatic heterocycles. The largest absolute Gasteiger partial charge is 0.295 e. The van der Waals surface area contributed by atoms with Crippen LogP contribution in [-0.4, -0.2) is 5.78 Å². The van der Waals surface area contributed by atoms with E-state index in [0.717, 1.165) is 18.8 Å². The topological polar surface area (TPSA) is 17.1 Å². The van der Waals surface area contributed by atoms with Gasteiger partial charge in [0.05, 0.1) is 0 Å². The molecule has 0 saturated heterocycles. The zero-order chi connectivity index (χ0) is 11.2. The lowest BCUT2D eigenvalue weighted by atomic mass is 9.93. The Morgan fingerprint density at radius 3 is 2.38 bits per heavy atom. The zero-order valence-electron chi connectivity index (χ0n) is 10.3. The minimum atomic E-state index is 0.391. The minimum absolute atomic E-state index is 0.391. The summed E-state index contributed by atoms with van der Waals surface area (Å²) in [6.45, 7) is 0. The molecule has 90 valence electrons. The average Bonchev–Trinajstić information content (AvgIpc) is 2.67. The van der Waals surface area contributed by atoms with Crippen LogP contribution in [0.25, 0.3) is 0 Å². The highest BCUT2D eigenvalue weighted by Gasteiger charge is 2.21. The van der Waals surface area contributed by atoms with Crippen molar-refractivity contribution in [1.82, 2.24) is 0 Å². The van der Waals surface area contributed by atoms with Crippen molar-refractivity contribution in [3.63, 3.8) is 0 Å². The second-order valence-electron chi connectivity index (χ2n) is 5.43. The first-order chi connectivity index (χ1) is 7.86. The Labute approximate surface area is 99.3 Å². The zero-order valence-corrected chi connectivity index (χ0v) is 10.3. The molecule has 1 unspecified atom stereocenters. The average molecular weight is 220 g/mol. The molecule has 0 N–H and O–H groups in total. The number of hydrogen-bond donors (Lipinski definition) is 0. The molecule has 0 spiro atoms. The van der Waals surface area contributed by atoms with Crippen molar-refractivity contribution in [2.24, 2.45) is 5.92 Å². The number of allylic oxidation sites excluding steroid dienone is 2. The predicted molar refractivity (Wildman–Crippen MR) is 67.4 cm³/mol. The van der Waals surface area contributed by atoms with E-state index in [1.807, 2.05) is 6.08 Å². The van der Waals surface area contributed by atoms with Gasteiger partial charge < -0.3 is 0 Å². The van der Waals surface area contributed by atoms with Gasteiger partial charge in [0, 0.05) is 6.42 Å². The highest BCUT2D eigenvalue weighted by molar-refractivity contribution is 5.90. The lowest BCUT2D eigenvalue weighted by Crippen LogP contribution is -2.02. The van der Waals surface area contributed by atoms with E-state index in [1.165, 1.54) is 63.4 Å². The van der Waals surface area contributed by atoms with Crippen molar-refractivity contribution >= 4 is 5.78 Å². The normalized spacial score (nSPS) is 28.9. The molecule has 0 aromatic rings. The fourth-order valence-electron chi connectivity index (χ4n) is 3.14. The number of carbonyl (C=O) groups is 1. The molecular weight excluding hydrogens is 196 g/mol. The Hall–Kier alpha value is -0.590. The first kappa shape index (κ1) is 11.9. The number of fused-ring (bicyclic) bond motifs is 1. The molecule has 0 bridgehead atoms.